The normalized spacial score (nSPS) is 10.8. The molecule has 3 aromatic carbocycles. The zero-order valence-electron chi connectivity index (χ0n) is 13.6. The lowest BCUT2D eigenvalue weighted by Crippen LogP contribution is -1.97. The van der Waals surface area contributed by atoms with Gasteiger partial charge in [0.05, 0.1) is 22.4 Å². The molecule has 0 saturated heterocycles. The molecule has 4 rings (SSSR count). The molecule has 0 aliphatic heterocycles. The molecule has 5 nitrogen and oxygen atoms in total. The van der Waals surface area contributed by atoms with Crippen LogP contribution in [-0.2, 0) is 0 Å². The standard InChI is InChI=1S/C21H14N2O3/c24-12-15-2-1-3-18-19(15)23-21(14-6-10-17(26)11-7-14)20(22-18)13-4-8-16(25)9-5-13/h1-12,25-26H. The fraction of sp³-hybridized carbons (Fsp3) is 0. The van der Waals surface area contributed by atoms with Crippen LogP contribution in [0.3, 0.4) is 0 Å². The summed E-state index contributed by atoms with van der Waals surface area (Å²) in [6.07, 6.45) is 0.762. The number of para-hydroxylation sites is 1. The second-order valence-electron chi connectivity index (χ2n) is 5.85. The summed E-state index contributed by atoms with van der Waals surface area (Å²) < 4.78 is 0. The number of aldehydes is 1. The highest BCUT2D eigenvalue weighted by Crippen LogP contribution is 2.33. The highest BCUT2D eigenvalue weighted by atomic mass is 16.3. The highest BCUT2D eigenvalue weighted by Gasteiger charge is 2.15. The summed E-state index contributed by atoms with van der Waals surface area (Å²) in [5.41, 5.74) is 4.38. The van der Waals surface area contributed by atoms with Gasteiger partial charge in [0.2, 0.25) is 0 Å². The fourth-order valence-electron chi connectivity index (χ4n) is 2.84. The number of phenols is 2. The monoisotopic (exact) mass is 342 g/mol. The van der Waals surface area contributed by atoms with Gasteiger partial charge in [0, 0.05) is 16.7 Å². The van der Waals surface area contributed by atoms with Gasteiger partial charge in [-0.15, -0.1) is 0 Å². The van der Waals surface area contributed by atoms with Crippen molar-refractivity contribution < 1.29 is 15.0 Å². The minimum absolute atomic E-state index is 0.155. The molecule has 26 heavy (non-hydrogen) atoms. The molecule has 2 N–H and O–H groups in total. The maximum absolute atomic E-state index is 11.4. The van der Waals surface area contributed by atoms with E-state index in [-0.39, 0.29) is 11.5 Å². The number of nitrogens with zero attached hydrogens (tertiary/aromatic N) is 2. The Bertz CT molecular complexity index is 1100. The molecule has 0 atom stereocenters. The van der Waals surface area contributed by atoms with Gasteiger partial charge in [-0.3, -0.25) is 4.79 Å². The summed E-state index contributed by atoms with van der Waals surface area (Å²) in [6, 6.07) is 18.6. The zero-order chi connectivity index (χ0) is 18.1. The Labute approximate surface area is 149 Å². The quantitative estimate of drug-likeness (QED) is 0.546. The number of carbonyl (C=O) groups excluding carboxylic acids is 1. The van der Waals surface area contributed by atoms with E-state index >= 15 is 0 Å². The van der Waals surface area contributed by atoms with Crippen molar-refractivity contribution in [1.29, 1.82) is 0 Å². The smallest absolute Gasteiger partial charge is 0.152 e. The Morgan fingerprint density at radius 2 is 1.23 bits per heavy atom. The minimum Gasteiger partial charge on any atom is -0.508 e. The number of hydrogen-bond acceptors (Lipinski definition) is 5. The van der Waals surface area contributed by atoms with Crippen LogP contribution in [0, 0.1) is 0 Å². The van der Waals surface area contributed by atoms with Crippen molar-refractivity contribution in [1.82, 2.24) is 9.97 Å². The molecule has 0 amide bonds. The fourth-order valence-corrected chi connectivity index (χ4v) is 2.84. The van der Waals surface area contributed by atoms with Crippen molar-refractivity contribution in [2.75, 3.05) is 0 Å². The molecule has 0 fully saturated rings. The zero-order valence-corrected chi connectivity index (χ0v) is 13.6. The minimum atomic E-state index is 0.155. The molecule has 1 heterocycles. The van der Waals surface area contributed by atoms with Crippen LogP contribution >= 0.6 is 0 Å². The summed E-state index contributed by atoms with van der Waals surface area (Å²) >= 11 is 0. The SMILES string of the molecule is O=Cc1cccc2nc(-c3ccc(O)cc3)c(-c3ccc(O)cc3)nc12. The van der Waals surface area contributed by atoms with Gasteiger partial charge in [-0.1, -0.05) is 6.07 Å². The molecular formula is C21H14N2O3. The van der Waals surface area contributed by atoms with Gasteiger partial charge < -0.3 is 10.2 Å². The van der Waals surface area contributed by atoms with Crippen LogP contribution in [-0.4, -0.2) is 26.5 Å². The van der Waals surface area contributed by atoms with E-state index in [4.69, 9.17) is 9.97 Å². The predicted molar refractivity (Wildman–Crippen MR) is 99.1 cm³/mol. The van der Waals surface area contributed by atoms with Crippen molar-refractivity contribution in [3.05, 3.63) is 72.3 Å². The van der Waals surface area contributed by atoms with Crippen molar-refractivity contribution in [3.63, 3.8) is 0 Å². The number of aromatic hydroxyl groups is 2. The van der Waals surface area contributed by atoms with E-state index in [2.05, 4.69) is 0 Å². The van der Waals surface area contributed by atoms with Crippen LogP contribution in [0.5, 0.6) is 11.5 Å². The van der Waals surface area contributed by atoms with Gasteiger partial charge in [0.1, 0.15) is 11.5 Å². The number of rotatable bonds is 3. The van der Waals surface area contributed by atoms with Crippen LogP contribution in [0.1, 0.15) is 10.4 Å². The number of hydrogen-bond donors (Lipinski definition) is 2. The summed E-state index contributed by atoms with van der Waals surface area (Å²) in [4.78, 5) is 20.8. The number of benzene rings is 3. The summed E-state index contributed by atoms with van der Waals surface area (Å²) in [5.74, 6) is 0.319. The summed E-state index contributed by atoms with van der Waals surface area (Å²) in [5, 5.41) is 19.1. The third-order valence-electron chi connectivity index (χ3n) is 4.13. The third-order valence-corrected chi connectivity index (χ3v) is 4.13. The van der Waals surface area contributed by atoms with Gasteiger partial charge in [-0.2, -0.15) is 0 Å². The van der Waals surface area contributed by atoms with Crippen molar-refractivity contribution in [2.24, 2.45) is 0 Å². The molecule has 126 valence electrons. The number of aromatic nitrogens is 2. The van der Waals surface area contributed by atoms with Crippen LogP contribution < -0.4 is 0 Å². The number of carbonyl (C=O) groups is 1. The molecule has 0 aliphatic rings. The molecule has 0 aliphatic carbocycles. The second kappa shape index (κ2) is 6.29. The average Bonchev–Trinajstić information content (AvgIpc) is 2.68. The first kappa shape index (κ1) is 15.8. The average molecular weight is 342 g/mol. The first-order chi connectivity index (χ1) is 12.7. The van der Waals surface area contributed by atoms with Crippen molar-refractivity contribution in [3.8, 4) is 34.0 Å². The van der Waals surface area contributed by atoms with Gasteiger partial charge in [0.25, 0.3) is 0 Å². The number of phenolic OH excluding ortho intramolecular Hbond substituents is 2. The Hall–Kier alpha value is -3.73. The van der Waals surface area contributed by atoms with Crippen molar-refractivity contribution >= 4 is 17.3 Å². The van der Waals surface area contributed by atoms with Gasteiger partial charge in [-0.05, 0) is 60.7 Å². The first-order valence-corrected chi connectivity index (χ1v) is 8.00. The largest absolute Gasteiger partial charge is 0.508 e. The molecule has 4 aromatic rings. The van der Waals surface area contributed by atoms with Gasteiger partial charge >= 0.3 is 0 Å². The topological polar surface area (TPSA) is 83.3 Å². The Morgan fingerprint density at radius 3 is 1.77 bits per heavy atom. The lowest BCUT2D eigenvalue weighted by atomic mass is 10.0. The summed E-state index contributed by atoms with van der Waals surface area (Å²) in [7, 11) is 0. The van der Waals surface area contributed by atoms with Crippen molar-refractivity contribution in [2.45, 2.75) is 0 Å². The van der Waals surface area contributed by atoms with E-state index in [9.17, 15) is 15.0 Å². The summed E-state index contributed by atoms with van der Waals surface area (Å²) in [6.45, 7) is 0. The van der Waals surface area contributed by atoms with E-state index in [0.717, 1.165) is 17.4 Å². The Kier molecular flexibility index (Phi) is 3.82. The molecule has 0 bridgehead atoms. The lowest BCUT2D eigenvalue weighted by molar-refractivity contribution is 0.112. The van der Waals surface area contributed by atoms with E-state index in [1.165, 1.54) is 0 Å². The van der Waals surface area contributed by atoms with Gasteiger partial charge in [0.15, 0.2) is 6.29 Å². The first-order valence-electron chi connectivity index (χ1n) is 8.00. The Balaban J connectivity index is 2.04. The molecule has 0 spiro atoms. The molecular weight excluding hydrogens is 328 g/mol. The van der Waals surface area contributed by atoms with Crippen LogP contribution in [0.15, 0.2) is 66.7 Å². The van der Waals surface area contributed by atoms with E-state index in [0.29, 0.717) is 28.0 Å². The van der Waals surface area contributed by atoms with E-state index in [1.54, 1.807) is 66.7 Å². The Morgan fingerprint density at radius 1 is 0.692 bits per heavy atom. The molecule has 5 heteroatoms. The second-order valence-corrected chi connectivity index (χ2v) is 5.85. The van der Waals surface area contributed by atoms with Crippen LogP contribution in [0.25, 0.3) is 33.5 Å². The lowest BCUT2D eigenvalue weighted by Gasteiger charge is -2.11. The highest BCUT2D eigenvalue weighted by molar-refractivity contribution is 5.96. The molecule has 0 saturated carbocycles. The van der Waals surface area contributed by atoms with E-state index < -0.39 is 0 Å². The molecule has 0 radical (unpaired) electrons. The maximum atomic E-state index is 11.4. The van der Waals surface area contributed by atoms with Gasteiger partial charge in [-0.25, -0.2) is 9.97 Å². The molecule has 1 aromatic heterocycles. The number of fused-ring (bicyclic) bond motifs is 1. The third kappa shape index (κ3) is 2.75. The predicted octanol–water partition coefficient (Wildman–Crippen LogP) is 4.19. The van der Waals surface area contributed by atoms with Crippen LogP contribution in [0.2, 0.25) is 0 Å². The molecule has 0 unspecified atom stereocenters. The maximum Gasteiger partial charge on any atom is 0.152 e. The van der Waals surface area contributed by atoms with E-state index in [1.807, 2.05) is 0 Å². The van der Waals surface area contributed by atoms with Crippen LogP contribution in [0.4, 0.5) is 0 Å².